The fourth-order valence-electron chi connectivity index (χ4n) is 3.27. The number of morpholine rings is 1. The van der Waals surface area contributed by atoms with Crippen molar-refractivity contribution in [3.05, 3.63) is 23.7 Å². The molecule has 0 aliphatic carbocycles. The second kappa shape index (κ2) is 7.26. The fraction of sp³-hybridized carbons (Fsp3) is 0.688. The molecule has 2 aliphatic rings. The van der Waals surface area contributed by atoms with Crippen molar-refractivity contribution in [1.29, 1.82) is 0 Å². The maximum Gasteiger partial charge on any atom is 0.254 e. The van der Waals surface area contributed by atoms with Gasteiger partial charge in [-0.25, -0.2) is 0 Å². The maximum atomic E-state index is 12.3. The molecule has 6 heteroatoms. The van der Waals surface area contributed by atoms with E-state index in [-0.39, 0.29) is 5.91 Å². The number of nitrogens with zero attached hydrogens (tertiary/aromatic N) is 1. The summed E-state index contributed by atoms with van der Waals surface area (Å²) in [7, 11) is 0. The van der Waals surface area contributed by atoms with Crippen LogP contribution in [0.5, 0.6) is 0 Å². The molecule has 1 N–H and O–H groups in total. The quantitative estimate of drug-likeness (QED) is 0.881. The third-order valence-electron chi connectivity index (χ3n) is 4.60. The Labute approximate surface area is 130 Å². The van der Waals surface area contributed by atoms with E-state index in [1.165, 1.54) is 0 Å². The lowest BCUT2D eigenvalue weighted by Gasteiger charge is -2.37. The Morgan fingerprint density at radius 3 is 2.82 bits per heavy atom. The molecule has 0 aromatic carbocycles. The van der Waals surface area contributed by atoms with Gasteiger partial charge >= 0.3 is 0 Å². The molecule has 2 atom stereocenters. The number of carbonyl (C=O) groups is 1. The number of nitrogens with one attached hydrogen (secondary N) is 1. The molecule has 0 saturated carbocycles. The van der Waals surface area contributed by atoms with Crippen molar-refractivity contribution in [3.63, 3.8) is 0 Å². The van der Waals surface area contributed by atoms with E-state index in [1.807, 2.05) is 0 Å². The number of hydrogen-bond acceptors (Lipinski definition) is 5. The van der Waals surface area contributed by atoms with E-state index < -0.39 is 0 Å². The van der Waals surface area contributed by atoms with Gasteiger partial charge in [0.1, 0.15) is 5.76 Å². The number of aryl methyl sites for hydroxylation is 1. The molecule has 6 nitrogen and oxygen atoms in total. The molecule has 3 rings (SSSR count). The SMILES string of the molecule is Cc1occc1C(=O)NC[C@H]([C@H]1CCOC1)N1CCOCC1. The monoisotopic (exact) mass is 308 g/mol. The van der Waals surface area contributed by atoms with Crippen molar-refractivity contribution < 1.29 is 18.7 Å². The van der Waals surface area contributed by atoms with E-state index in [4.69, 9.17) is 13.9 Å². The van der Waals surface area contributed by atoms with Crippen molar-refractivity contribution in [3.8, 4) is 0 Å². The molecule has 1 aromatic rings. The van der Waals surface area contributed by atoms with Crippen LogP contribution in [0.1, 0.15) is 22.5 Å². The van der Waals surface area contributed by atoms with Gasteiger partial charge in [0, 0.05) is 38.2 Å². The largest absolute Gasteiger partial charge is 0.469 e. The molecule has 2 fully saturated rings. The molecule has 0 bridgehead atoms. The Hall–Kier alpha value is -1.37. The predicted molar refractivity (Wildman–Crippen MR) is 80.9 cm³/mol. The summed E-state index contributed by atoms with van der Waals surface area (Å²) in [5.74, 6) is 1.07. The fourth-order valence-corrected chi connectivity index (χ4v) is 3.27. The number of hydrogen-bond donors (Lipinski definition) is 1. The Kier molecular flexibility index (Phi) is 5.12. The normalized spacial score (nSPS) is 24.3. The van der Waals surface area contributed by atoms with Crippen LogP contribution in [0.3, 0.4) is 0 Å². The first-order valence-corrected chi connectivity index (χ1v) is 7.97. The van der Waals surface area contributed by atoms with Gasteiger partial charge in [0.25, 0.3) is 5.91 Å². The summed E-state index contributed by atoms with van der Waals surface area (Å²) in [5, 5.41) is 3.06. The van der Waals surface area contributed by atoms with Gasteiger partial charge in [0.2, 0.25) is 0 Å². The second-order valence-corrected chi connectivity index (χ2v) is 5.94. The van der Waals surface area contributed by atoms with Crippen LogP contribution < -0.4 is 5.32 Å². The summed E-state index contributed by atoms with van der Waals surface area (Å²) in [6.45, 7) is 7.40. The average molecular weight is 308 g/mol. The predicted octanol–water partition coefficient (Wildman–Crippen LogP) is 1.06. The van der Waals surface area contributed by atoms with Gasteiger partial charge in [-0.3, -0.25) is 9.69 Å². The van der Waals surface area contributed by atoms with Crippen molar-refractivity contribution in [1.82, 2.24) is 10.2 Å². The molecule has 2 aliphatic heterocycles. The summed E-state index contributed by atoms with van der Waals surface area (Å²) in [4.78, 5) is 14.7. The van der Waals surface area contributed by atoms with E-state index in [1.54, 1.807) is 19.3 Å². The third-order valence-corrected chi connectivity index (χ3v) is 4.60. The van der Waals surface area contributed by atoms with Crippen LogP contribution >= 0.6 is 0 Å². The molecule has 0 unspecified atom stereocenters. The van der Waals surface area contributed by atoms with Gasteiger partial charge in [0.05, 0.1) is 31.6 Å². The molecule has 1 amide bonds. The first-order chi connectivity index (χ1) is 10.8. The van der Waals surface area contributed by atoms with Crippen LogP contribution in [0.4, 0.5) is 0 Å². The summed E-state index contributed by atoms with van der Waals surface area (Å²) in [6.07, 6.45) is 2.61. The Morgan fingerprint density at radius 1 is 1.36 bits per heavy atom. The number of furan rings is 1. The van der Waals surface area contributed by atoms with Crippen LogP contribution in [0.15, 0.2) is 16.7 Å². The topological polar surface area (TPSA) is 63.9 Å². The summed E-state index contributed by atoms with van der Waals surface area (Å²) in [5.41, 5.74) is 0.614. The van der Waals surface area contributed by atoms with Crippen molar-refractivity contribution >= 4 is 5.91 Å². The average Bonchev–Trinajstić information content (AvgIpc) is 3.20. The molecule has 122 valence electrons. The second-order valence-electron chi connectivity index (χ2n) is 5.94. The van der Waals surface area contributed by atoms with Crippen molar-refractivity contribution in [2.24, 2.45) is 5.92 Å². The summed E-state index contributed by atoms with van der Waals surface area (Å²) < 4.78 is 16.2. The zero-order valence-corrected chi connectivity index (χ0v) is 13.0. The van der Waals surface area contributed by atoms with Crippen LogP contribution in [-0.2, 0) is 9.47 Å². The highest BCUT2D eigenvalue weighted by Crippen LogP contribution is 2.22. The van der Waals surface area contributed by atoms with Crippen molar-refractivity contribution in [2.75, 3.05) is 46.1 Å². The highest BCUT2D eigenvalue weighted by Gasteiger charge is 2.31. The maximum absolute atomic E-state index is 12.3. The lowest BCUT2D eigenvalue weighted by Crippen LogP contribution is -2.52. The number of amides is 1. The van der Waals surface area contributed by atoms with Gasteiger partial charge in [-0.2, -0.15) is 0 Å². The first-order valence-electron chi connectivity index (χ1n) is 7.97. The van der Waals surface area contributed by atoms with E-state index in [0.29, 0.717) is 29.8 Å². The highest BCUT2D eigenvalue weighted by molar-refractivity contribution is 5.95. The molecule has 22 heavy (non-hydrogen) atoms. The van der Waals surface area contributed by atoms with Crippen LogP contribution in [0.2, 0.25) is 0 Å². The lowest BCUT2D eigenvalue weighted by atomic mass is 9.96. The zero-order chi connectivity index (χ0) is 15.4. The number of rotatable bonds is 5. The smallest absolute Gasteiger partial charge is 0.254 e. The molecular weight excluding hydrogens is 284 g/mol. The van der Waals surface area contributed by atoms with Crippen LogP contribution in [0.25, 0.3) is 0 Å². The summed E-state index contributed by atoms with van der Waals surface area (Å²) >= 11 is 0. The van der Waals surface area contributed by atoms with E-state index in [2.05, 4.69) is 10.2 Å². The van der Waals surface area contributed by atoms with Crippen molar-refractivity contribution in [2.45, 2.75) is 19.4 Å². The molecule has 0 radical (unpaired) electrons. The Bertz CT molecular complexity index is 490. The highest BCUT2D eigenvalue weighted by atomic mass is 16.5. The van der Waals surface area contributed by atoms with Gasteiger partial charge in [-0.05, 0) is 19.4 Å². The van der Waals surface area contributed by atoms with Crippen LogP contribution in [0, 0.1) is 12.8 Å². The van der Waals surface area contributed by atoms with Gasteiger partial charge in [0.15, 0.2) is 0 Å². The minimum absolute atomic E-state index is 0.0663. The Balaban J connectivity index is 1.62. The third kappa shape index (κ3) is 3.51. The van der Waals surface area contributed by atoms with E-state index in [0.717, 1.165) is 45.9 Å². The zero-order valence-electron chi connectivity index (χ0n) is 13.0. The van der Waals surface area contributed by atoms with Gasteiger partial charge < -0.3 is 19.2 Å². The summed E-state index contributed by atoms with van der Waals surface area (Å²) in [6, 6.07) is 2.02. The first kappa shape index (κ1) is 15.5. The lowest BCUT2D eigenvalue weighted by molar-refractivity contribution is 0.00166. The minimum atomic E-state index is -0.0663. The number of carbonyl (C=O) groups excluding carboxylic acids is 1. The molecule has 0 spiro atoms. The van der Waals surface area contributed by atoms with Crippen LogP contribution in [-0.4, -0.2) is 62.9 Å². The molecule has 3 heterocycles. The van der Waals surface area contributed by atoms with Gasteiger partial charge in [-0.1, -0.05) is 0 Å². The molecular formula is C16H24N2O4. The Morgan fingerprint density at radius 2 is 2.18 bits per heavy atom. The molecule has 1 aromatic heterocycles. The van der Waals surface area contributed by atoms with E-state index >= 15 is 0 Å². The van der Waals surface area contributed by atoms with Gasteiger partial charge in [-0.15, -0.1) is 0 Å². The molecule has 2 saturated heterocycles. The minimum Gasteiger partial charge on any atom is -0.469 e. The number of ether oxygens (including phenoxy) is 2. The standard InChI is InChI=1S/C16H24N2O4/c1-12-14(3-7-22-12)16(19)17-10-15(13-2-6-21-11-13)18-4-8-20-9-5-18/h3,7,13,15H,2,4-6,8-11H2,1H3,(H,17,19)/t13-,15+/m0/s1. The van der Waals surface area contributed by atoms with E-state index in [9.17, 15) is 4.79 Å².